The van der Waals surface area contributed by atoms with Crippen LogP contribution in [0, 0.1) is 5.92 Å². The molecule has 10 nitrogen and oxygen atoms in total. The molecule has 1 aliphatic rings. The molecular formula is C25H34N4O6. The number of nitrogens with zero attached hydrogens (tertiary/aromatic N) is 4. The average molecular weight is 487 g/mol. The predicted octanol–water partition coefficient (Wildman–Crippen LogP) is 4.56. The third-order valence-corrected chi connectivity index (χ3v) is 5.63. The molecule has 35 heavy (non-hydrogen) atoms. The second-order valence-corrected chi connectivity index (χ2v) is 10.8. The Kier molecular flexibility index (Phi) is 7.23. The first kappa shape index (κ1) is 26.2. The summed E-state index contributed by atoms with van der Waals surface area (Å²) in [7, 11) is 0. The molecule has 2 aromatic heterocycles. The molecule has 2 atom stereocenters. The van der Waals surface area contributed by atoms with E-state index in [0.29, 0.717) is 25.0 Å². The Labute approximate surface area is 205 Å². The van der Waals surface area contributed by atoms with Crippen molar-refractivity contribution in [2.75, 3.05) is 6.54 Å². The summed E-state index contributed by atoms with van der Waals surface area (Å²) < 4.78 is 12.5. The monoisotopic (exact) mass is 486 g/mol. The molecule has 0 aromatic carbocycles. The van der Waals surface area contributed by atoms with Crippen LogP contribution in [0.4, 0.5) is 9.59 Å². The van der Waals surface area contributed by atoms with Crippen LogP contribution in [0.25, 0.3) is 5.69 Å². The minimum Gasteiger partial charge on any atom is -0.481 e. The van der Waals surface area contributed by atoms with Gasteiger partial charge in [0.1, 0.15) is 16.6 Å². The minimum absolute atomic E-state index is 0.0557. The smallest absolute Gasteiger partial charge is 0.419 e. The second kappa shape index (κ2) is 9.67. The van der Waals surface area contributed by atoms with E-state index in [9.17, 15) is 19.5 Å². The summed E-state index contributed by atoms with van der Waals surface area (Å²) in [5.41, 5.74) is -1.38. The van der Waals surface area contributed by atoms with Crippen molar-refractivity contribution < 1.29 is 29.0 Å². The summed E-state index contributed by atoms with van der Waals surface area (Å²) in [6.07, 6.45) is 6.39. The Balaban J connectivity index is 1.68. The van der Waals surface area contributed by atoms with Crippen LogP contribution < -0.4 is 0 Å². The van der Waals surface area contributed by atoms with Gasteiger partial charge in [-0.15, -0.1) is 0 Å². The van der Waals surface area contributed by atoms with Gasteiger partial charge in [-0.25, -0.2) is 19.5 Å². The highest BCUT2D eigenvalue weighted by atomic mass is 16.6. The molecule has 0 unspecified atom stereocenters. The molecule has 0 radical (unpaired) electrons. The number of pyridine rings is 1. The molecule has 0 aliphatic heterocycles. The van der Waals surface area contributed by atoms with Gasteiger partial charge in [0.25, 0.3) is 0 Å². The van der Waals surface area contributed by atoms with Crippen molar-refractivity contribution in [3.8, 4) is 5.69 Å². The molecule has 0 spiro atoms. The maximum absolute atomic E-state index is 12.7. The Hall–Kier alpha value is -3.43. The summed E-state index contributed by atoms with van der Waals surface area (Å²) in [5, 5.41) is 10.0. The molecule has 0 bridgehead atoms. The number of carbonyl (C=O) groups is 3. The molecule has 2 aromatic rings. The first-order valence-electron chi connectivity index (χ1n) is 11.6. The first-order valence-corrected chi connectivity index (χ1v) is 11.6. The molecule has 2 amide bonds. The number of ether oxygens (including phenoxy) is 2. The van der Waals surface area contributed by atoms with Crippen molar-refractivity contribution in [3.63, 3.8) is 0 Å². The number of aromatic nitrogens is 3. The standard InChI is InChI=1S/C25H34N4O6/c1-23(2,3)34-21(32)29(22(33)35-24(4,5)6)12-8-9-17-13-25(17,20(30)31)19-15-28(16-27-19)18-10-7-11-26-14-18/h7,10-11,14-17H,8-9,12-13H2,1-6H3,(H,30,31)/t17-,25+/m0/s1. The molecule has 0 saturated heterocycles. The van der Waals surface area contributed by atoms with Gasteiger partial charge < -0.3 is 19.1 Å². The molecule has 1 N–H and O–H groups in total. The number of amides is 2. The quantitative estimate of drug-likeness (QED) is 0.604. The first-order chi connectivity index (χ1) is 16.2. The lowest BCUT2D eigenvalue weighted by molar-refractivity contribution is -0.140. The maximum atomic E-state index is 12.7. The maximum Gasteiger partial charge on any atom is 0.419 e. The second-order valence-electron chi connectivity index (χ2n) is 10.8. The number of carboxylic acid groups (broad SMARTS) is 1. The number of carboxylic acids is 1. The fourth-order valence-electron chi connectivity index (χ4n) is 3.95. The average Bonchev–Trinajstić information content (AvgIpc) is 3.25. The zero-order valence-corrected chi connectivity index (χ0v) is 21.1. The minimum atomic E-state index is -1.09. The molecular weight excluding hydrogens is 452 g/mol. The third-order valence-electron chi connectivity index (χ3n) is 5.63. The van der Waals surface area contributed by atoms with E-state index in [1.165, 1.54) is 0 Å². The van der Waals surface area contributed by atoms with Crippen LogP contribution in [0.1, 0.15) is 66.5 Å². The van der Waals surface area contributed by atoms with Crippen molar-refractivity contribution in [3.05, 3.63) is 42.7 Å². The van der Waals surface area contributed by atoms with Crippen LogP contribution in [-0.4, -0.2) is 60.4 Å². The summed E-state index contributed by atoms with van der Waals surface area (Å²) in [6, 6.07) is 3.65. The zero-order valence-electron chi connectivity index (χ0n) is 21.1. The van der Waals surface area contributed by atoms with E-state index in [0.717, 1.165) is 10.6 Å². The highest BCUT2D eigenvalue weighted by Gasteiger charge is 2.62. The van der Waals surface area contributed by atoms with E-state index in [2.05, 4.69) is 9.97 Å². The fourth-order valence-corrected chi connectivity index (χ4v) is 3.95. The van der Waals surface area contributed by atoms with Crippen LogP contribution >= 0.6 is 0 Å². The van der Waals surface area contributed by atoms with E-state index in [1.807, 2.05) is 6.07 Å². The summed E-state index contributed by atoms with van der Waals surface area (Å²) in [4.78, 5) is 47.0. The Morgan fingerprint density at radius 3 is 2.29 bits per heavy atom. The highest BCUT2D eigenvalue weighted by Crippen LogP contribution is 2.56. The van der Waals surface area contributed by atoms with E-state index >= 15 is 0 Å². The number of aliphatic carboxylic acids is 1. The highest BCUT2D eigenvalue weighted by molar-refractivity contribution is 5.88. The van der Waals surface area contributed by atoms with Crippen LogP contribution in [0.5, 0.6) is 0 Å². The van der Waals surface area contributed by atoms with Gasteiger partial charge in [-0.3, -0.25) is 9.78 Å². The lowest BCUT2D eigenvalue weighted by Gasteiger charge is -2.28. The van der Waals surface area contributed by atoms with Gasteiger partial charge in [-0.1, -0.05) is 0 Å². The van der Waals surface area contributed by atoms with Gasteiger partial charge in [-0.2, -0.15) is 0 Å². The van der Waals surface area contributed by atoms with Gasteiger partial charge in [0.2, 0.25) is 0 Å². The zero-order chi connectivity index (χ0) is 26.0. The van der Waals surface area contributed by atoms with E-state index in [-0.39, 0.29) is 12.5 Å². The van der Waals surface area contributed by atoms with Crippen LogP contribution in [0.3, 0.4) is 0 Å². The largest absolute Gasteiger partial charge is 0.481 e. The number of rotatable bonds is 7. The molecule has 1 saturated carbocycles. The van der Waals surface area contributed by atoms with Crippen LogP contribution in [0.15, 0.2) is 37.1 Å². The van der Waals surface area contributed by atoms with Crippen molar-refractivity contribution in [1.29, 1.82) is 0 Å². The number of hydrogen-bond acceptors (Lipinski definition) is 7. The molecule has 190 valence electrons. The Morgan fingerprint density at radius 1 is 1.14 bits per heavy atom. The van der Waals surface area contributed by atoms with E-state index in [1.54, 1.807) is 77.1 Å². The predicted molar refractivity (Wildman–Crippen MR) is 127 cm³/mol. The number of imide groups is 1. The molecule has 3 rings (SSSR count). The van der Waals surface area contributed by atoms with Crippen molar-refractivity contribution in [2.24, 2.45) is 5.92 Å². The van der Waals surface area contributed by atoms with Gasteiger partial charge in [-0.05, 0) is 78.9 Å². The molecule has 1 fully saturated rings. The molecule has 1 aliphatic carbocycles. The Morgan fingerprint density at radius 2 is 1.77 bits per heavy atom. The van der Waals surface area contributed by atoms with E-state index in [4.69, 9.17) is 9.47 Å². The summed E-state index contributed by atoms with van der Waals surface area (Å²) >= 11 is 0. The van der Waals surface area contributed by atoms with Gasteiger partial charge >= 0.3 is 18.2 Å². The molecule has 10 heteroatoms. The topological polar surface area (TPSA) is 124 Å². The van der Waals surface area contributed by atoms with E-state index < -0.39 is 34.8 Å². The van der Waals surface area contributed by atoms with Crippen molar-refractivity contribution in [1.82, 2.24) is 19.4 Å². The Bertz CT molecular complexity index is 1040. The lowest BCUT2D eigenvalue weighted by Crippen LogP contribution is -2.44. The van der Waals surface area contributed by atoms with Gasteiger partial charge in [0.15, 0.2) is 0 Å². The summed E-state index contributed by atoms with van der Waals surface area (Å²) in [6.45, 7) is 10.4. The fraction of sp³-hybridized carbons (Fsp3) is 0.560. The number of hydrogen-bond donors (Lipinski definition) is 1. The normalized spacial score (nSPS) is 19.7. The van der Waals surface area contributed by atoms with Crippen LogP contribution in [-0.2, 0) is 19.7 Å². The third kappa shape index (κ3) is 6.37. The van der Waals surface area contributed by atoms with Gasteiger partial charge in [0, 0.05) is 18.9 Å². The van der Waals surface area contributed by atoms with Crippen molar-refractivity contribution in [2.45, 2.75) is 77.4 Å². The lowest BCUT2D eigenvalue weighted by atomic mass is 9.97. The number of carbonyl (C=O) groups excluding carboxylic acids is 2. The number of imidazole rings is 1. The summed E-state index contributed by atoms with van der Waals surface area (Å²) in [5.74, 6) is -1.11. The van der Waals surface area contributed by atoms with Crippen LogP contribution in [0.2, 0.25) is 0 Å². The molecule has 2 heterocycles. The van der Waals surface area contributed by atoms with Gasteiger partial charge in [0.05, 0.1) is 23.9 Å². The SMILES string of the molecule is CC(C)(C)OC(=O)N(CCC[C@H]1C[C@]1(C(=O)O)c1cn(-c2cccnc2)cn1)C(=O)OC(C)(C)C. The van der Waals surface area contributed by atoms with Crippen molar-refractivity contribution >= 4 is 18.2 Å².